The molecule has 2 aromatic rings. The van der Waals surface area contributed by atoms with Gasteiger partial charge in [-0.25, -0.2) is 8.42 Å². The number of carbonyl (C=O) groups is 2. The van der Waals surface area contributed by atoms with E-state index in [4.69, 9.17) is 0 Å². The summed E-state index contributed by atoms with van der Waals surface area (Å²) in [5.41, 5.74) is 4.47. The summed E-state index contributed by atoms with van der Waals surface area (Å²) in [5.74, 6) is -1.64. The van der Waals surface area contributed by atoms with Crippen molar-refractivity contribution in [2.75, 3.05) is 13.1 Å². The molecule has 0 aliphatic carbocycles. The molecule has 0 saturated carbocycles. The number of hydrazine groups is 1. The minimum absolute atomic E-state index is 0.0259. The summed E-state index contributed by atoms with van der Waals surface area (Å²) in [6.07, 6.45) is 1.63. The van der Waals surface area contributed by atoms with Crippen LogP contribution in [0.4, 0.5) is 0 Å². The summed E-state index contributed by atoms with van der Waals surface area (Å²) in [6, 6.07) is 9.93. The van der Waals surface area contributed by atoms with Crippen LogP contribution in [0.25, 0.3) is 0 Å². The molecule has 3 N–H and O–H groups in total. The van der Waals surface area contributed by atoms with Gasteiger partial charge in [0.05, 0.1) is 10.5 Å². The van der Waals surface area contributed by atoms with Crippen LogP contribution in [0.5, 0.6) is 5.75 Å². The first-order valence-corrected chi connectivity index (χ1v) is 10.7. The zero-order valence-corrected chi connectivity index (χ0v) is 17.1. The second kappa shape index (κ2) is 8.29. The van der Waals surface area contributed by atoms with E-state index in [0.717, 1.165) is 12.8 Å². The molecule has 0 spiro atoms. The topological polar surface area (TPSA) is 116 Å². The summed E-state index contributed by atoms with van der Waals surface area (Å²) in [7, 11) is -3.65. The lowest BCUT2D eigenvalue weighted by Crippen LogP contribution is -2.41. The van der Waals surface area contributed by atoms with Gasteiger partial charge in [-0.2, -0.15) is 4.31 Å². The van der Waals surface area contributed by atoms with E-state index >= 15 is 0 Å². The highest BCUT2D eigenvalue weighted by molar-refractivity contribution is 9.10. The van der Waals surface area contributed by atoms with Gasteiger partial charge in [0.25, 0.3) is 11.8 Å². The van der Waals surface area contributed by atoms with Gasteiger partial charge >= 0.3 is 0 Å². The number of nitrogens with one attached hydrogen (secondary N) is 2. The predicted octanol–water partition coefficient (Wildman–Crippen LogP) is 2.01. The molecule has 3 rings (SSSR count). The average molecular weight is 468 g/mol. The lowest BCUT2D eigenvalue weighted by atomic mass is 10.2. The third-order valence-electron chi connectivity index (χ3n) is 4.29. The maximum Gasteiger partial charge on any atom is 0.273 e. The van der Waals surface area contributed by atoms with Crippen molar-refractivity contribution in [1.29, 1.82) is 0 Å². The van der Waals surface area contributed by atoms with Crippen LogP contribution in [0, 0.1) is 0 Å². The molecule has 2 amide bonds. The van der Waals surface area contributed by atoms with Gasteiger partial charge < -0.3 is 5.11 Å². The first-order valence-electron chi connectivity index (χ1n) is 8.48. The van der Waals surface area contributed by atoms with Crippen LogP contribution in [0.3, 0.4) is 0 Å². The fourth-order valence-corrected chi connectivity index (χ4v) is 4.74. The molecule has 0 atom stereocenters. The predicted molar refractivity (Wildman–Crippen MR) is 105 cm³/mol. The van der Waals surface area contributed by atoms with Gasteiger partial charge in [-0.1, -0.05) is 22.0 Å². The Balaban J connectivity index is 1.71. The Morgan fingerprint density at radius 2 is 1.68 bits per heavy atom. The molecule has 1 aliphatic heterocycles. The van der Waals surface area contributed by atoms with Gasteiger partial charge in [-0.05, 0) is 49.2 Å². The van der Waals surface area contributed by atoms with Crippen molar-refractivity contribution < 1.29 is 23.1 Å². The number of nitrogens with zero attached hydrogens (tertiary/aromatic N) is 1. The molecule has 28 heavy (non-hydrogen) atoms. The summed E-state index contributed by atoms with van der Waals surface area (Å²) >= 11 is 3.20. The van der Waals surface area contributed by atoms with Gasteiger partial charge in [0, 0.05) is 23.1 Å². The number of benzene rings is 2. The first kappa shape index (κ1) is 20.3. The number of carbonyl (C=O) groups excluding carboxylic acids is 2. The molecule has 10 heteroatoms. The van der Waals surface area contributed by atoms with Crippen molar-refractivity contribution in [2.24, 2.45) is 0 Å². The number of amides is 2. The Kier molecular flexibility index (Phi) is 6.01. The molecule has 0 aromatic heterocycles. The second-order valence-electron chi connectivity index (χ2n) is 6.21. The van der Waals surface area contributed by atoms with Crippen LogP contribution in [-0.4, -0.2) is 42.7 Å². The molecular formula is C18H18BrN3O5S. The molecule has 0 radical (unpaired) electrons. The zero-order chi connectivity index (χ0) is 20.3. The van der Waals surface area contributed by atoms with E-state index in [1.54, 1.807) is 6.07 Å². The van der Waals surface area contributed by atoms with E-state index < -0.39 is 21.8 Å². The number of aromatic hydroxyl groups is 1. The van der Waals surface area contributed by atoms with Crippen molar-refractivity contribution in [3.8, 4) is 5.75 Å². The van der Waals surface area contributed by atoms with Crippen molar-refractivity contribution in [3.05, 3.63) is 58.1 Å². The first-order chi connectivity index (χ1) is 13.3. The van der Waals surface area contributed by atoms with Crippen LogP contribution in [0.1, 0.15) is 33.6 Å². The summed E-state index contributed by atoms with van der Waals surface area (Å²) < 4.78 is 27.2. The highest BCUT2D eigenvalue weighted by atomic mass is 79.9. The lowest BCUT2D eigenvalue weighted by molar-refractivity contribution is 0.0845. The lowest BCUT2D eigenvalue weighted by Gasteiger charge is -2.16. The number of hydrogen-bond acceptors (Lipinski definition) is 5. The van der Waals surface area contributed by atoms with Crippen LogP contribution in [-0.2, 0) is 10.0 Å². The third kappa shape index (κ3) is 4.34. The Bertz CT molecular complexity index is 1020. The smallest absolute Gasteiger partial charge is 0.273 e. The van der Waals surface area contributed by atoms with Gasteiger partial charge in [0.1, 0.15) is 5.75 Å². The zero-order valence-electron chi connectivity index (χ0n) is 14.7. The number of phenols is 1. The Labute approximate surface area is 170 Å². The molecule has 2 aromatic carbocycles. The van der Waals surface area contributed by atoms with Crippen molar-refractivity contribution >= 4 is 37.8 Å². The van der Waals surface area contributed by atoms with E-state index in [-0.39, 0.29) is 21.8 Å². The molecule has 0 unspecified atom stereocenters. The highest BCUT2D eigenvalue weighted by Gasteiger charge is 2.27. The van der Waals surface area contributed by atoms with Crippen LogP contribution in [0.15, 0.2) is 51.8 Å². The largest absolute Gasteiger partial charge is 0.507 e. The summed E-state index contributed by atoms with van der Waals surface area (Å²) in [4.78, 5) is 24.5. The maximum absolute atomic E-state index is 12.6. The van der Waals surface area contributed by atoms with Crippen LogP contribution in [0.2, 0.25) is 0 Å². The Morgan fingerprint density at radius 1 is 1.00 bits per heavy atom. The number of halogens is 1. The molecule has 8 nitrogen and oxygen atoms in total. The number of hydrogen-bond donors (Lipinski definition) is 3. The number of rotatable bonds is 4. The Morgan fingerprint density at radius 3 is 2.39 bits per heavy atom. The molecule has 1 fully saturated rings. The van der Waals surface area contributed by atoms with Crippen molar-refractivity contribution in [1.82, 2.24) is 15.2 Å². The number of sulfonamides is 1. The summed E-state index contributed by atoms with van der Waals surface area (Å²) in [5, 5.41) is 9.75. The fraction of sp³-hybridized carbons (Fsp3) is 0.222. The highest BCUT2D eigenvalue weighted by Crippen LogP contribution is 2.22. The average Bonchev–Trinajstić information content (AvgIpc) is 3.23. The SMILES string of the molecule is O=C(NNC(=O)c1cc(Br)ccc1O)c1cccc(S(=O)(=O)N2CCCC2)c1. The second-order valence-corrected chi connectivity index (χ2v) is 9.06. The van der Waals surface area contributed by atoms with E-state index in [0.29, 0.717) is 17.6 Å². The number of phenolic OH excluding ortho intramolecular Hbond substituents is 1. The van der Waals surface area contributed by atoms with Gasteiger partial charge in [-0.15, -0.1) is 0 Å². The standard InChI is InChI=1S/C18H18BrN3O5S/c19-13-6-7-16(23)15(11-13)18(25)21-20-17(24)12-4-3-5-14(10-12)28(26,27)22-8-1-2-9-22/h3-7,10-11,23H,1-2,8-9H2,(H,20,24)(H,21,25). The van der Waals surface area contributed by atoms with Crippen LogP contribution < -0.4 is 10.9 Å². The van der Waals surface area contributed by atoms with Crippen LogP contribution >= 0.6 is 15.9 Å². The molecule has 0 bridgehead atoms. The molecule has 1 saturated heterocycles. The van der Waals surface area contributed by atoms with Gasteiger partial charge in [0.2, 0.25) is 10.0 Å². The fourth-order valence-electron chi connectivity index (χ4n) is 2.82. The van der Waals surface area contributed by atoms with Crippen molar-refractivity contribution in [2.45, 2.75) is 17.7 Å². The van der Waals surface area contributed by atoms with E-state index in [1.165, 1.54) is 40.7 Å². The quantitative estimate of drug-likeness (QED) is 0.594. The molecule has 1 heterocycles. The minimum atomic E-state index is -3.65. The summed E-state index contributed by atoms with van der Waals surface area (Å²) in [6.45, 7) is 0.926. The molecule has 1 aliphatic rings. The van der Waals surface area contributed by atoms with E-state index in [1.807, 2.05) is 0 Å². The normalized spacial score (nSPS) is 14.6. The maximum atomic E-state index is 12.6. The third-order valence-corrected chi connectivity index (χ3v) is 6.68. The minimum Gasteiger partial charge on any atom is -0.507 e. The Hall–Kier alpha value is -2.43. The van der Waals surface area contributed by atoms with Crippen molar-refractivity contribution in [3.63, 3.8) is 0 Å². The monoisotopic (exact) mass is 467 g/mol. The molecule has 148 valence electrons. The molecular weight excluding hydrogens is 450 g/mol. The van der Waals surface area contributed by atoms with Gasteiger partial charge in [0.15, 0.2) is 0 Å². The van der Waals surface area contributed by atoms with Gasteiger partial charge in [-0.3, -0.25) is 20.4 Å². The van der Waals surface area contributed by atoms with E-state index in [2.05, 4.69) is 26.8 Å². The van der Waals surface area contributed by atoms with E-state index in [9.17, 15) is 23.1 Å².